The Labute approximate surface area is 113 Å². The minimum atomic E-state index is -2.95. The Bertz CT molecular complexity index is 426. The second kappa shape index (κ2) is 6.17. The summed E-state index contributed by atoms with van der Waals surface area (Å²) in [5.74, 6) is 0.109. The van der Waals surface area contributed by atoms with Gasteiger partial charge in [-0.05, 0) is 6.42 Å². The van der Waals surface area contributed by atoms with Gasteiger partial charge in [-0.1, -0.05) is 0 Å². The first-order valence-electron chi connectivity index (χ1n) is 6.52. The SMILES string of the molecule is NCC1CN(CC(=O)NC2CCS(=O)(=O)C2)CCO1. The van der Waals surface area contributed by atoms with Crippen LogP contribution >= 0.6 is 0 Å². The van der Waals surface area contributed by atoms with Crippen LogP contribution in [0, 0.1) is 0 Å². The number of hydrogen-bond acceptors (Lipinski definition) is 6. The molecule has 0 bridgehead atoms. The van der Waals surface area contributed by atoms with Gasteiger partial charge in [0, 0.05) is 25.7 Å². The molecule has 2 saturated heterocycles. The molecule has 2 fully saturated rings. The number of carbonyl (C=O) groups is 1. The van der Waals surface area contributed by atoms with E-state index in [4.69, 9.17) is 10.5 Å². The van der Waals surface area contributed by atoms with E-state index in [0.717, 1.165) is 0 Å². The number of rotatable bonds is 4. The summed E-state index contributed by atoms with van der Waals surface area (Å²) in [5, 5.41) is 2.78. The summed E-state index contributed by atoms with van der Waals surface area (Å²) in [6, 6.07) is -0.233. The molecule has 3 N–H and O–H groups in total. The van der Waals surface area contributed by atoms with Crippen LogP contribution in [-0.4, -0.2) is 75.7 Å². The van der Waals surface area contributed by atoms with Crippen LogP contribution in [0.1, 0.15) is 6.42 Å². The molecule has 0 aliphatic carbocycles. The highest BCUT2D eigenvalue weighted by Crippen LogP contribution is 2.11. The van der Waals surface area contributed by atoms with Gasteiger partial charge >= 0.3 is 0 Å². The third-order valence-corrected chi connectivity index (χ3v) is 5.22. The van der Waals surface area contributed by atoms with Gasteiger partial charge in [-0.3, -0.25) is 9.69 Å². The van der Waals surface area contributed by atoms with Crippen LogP contribution in [0.25, 0.3) is 0 Å². The van der Waals surface area contributed by atoms with E-state index >= 15 is 0 Å². The molecule has 2 atom stereocenters. The zero-order chi connectivity index (χ0) is 13.9. The summed E-state index contributed by atoms with van der Waals surface area (Å²) in [6.07, 6.45) is 0.496. The maximum absolute atomic E-state index is 11.9. The minimum absolute atomic E-state index is 0.0200. The average Bonchev–Trinajstić information content (AvgIpc) is 2.68. The number of morpholine rings is 1. The van der Waals surface area contributed by atoms with Gasteiger partial charge in [-0.2, -0.15) is 0 Å². The molecule has 2 aliphatic heterocycles. The summed E-state index contributed by atoms with van der Waals surface area (Å²) in [6.45, 7) is 2.64. The Hall–Kier alpha value is -0.700. The molecule has 0 spiro atoms. The van der Waals surface area contributed by atoms with Gasteiger partial charge < -0.3 is 15.8 Å². The Morgan fingerprint density at radius 2 is 2.26 bits per heavy atom. The molecule has 0 radical (unpaired) electrons. The number of nitrogens with one attached hydrogen (secondary N) is 1. The molecule has 0 saturated carbocycles. The molecular formula is C11H21N3O4S. The maximum Gasteiger partial charge on any atom is 0.234 e. The first kappa shape index (κ1) is 14.7. The molecule has 2 aliphatic rings. The molecule has 7 nitrogen and oxygen atoms in total. The van der Waals surface area contributed by atoms with Crippen LogP contribution in [0.3, 0.4) is 0 Å². The van der Waals surface area contributed by atoms with Crippen LogP contribution in [0.15, 0.2) is 0 Å². The lowest BCUT2D eigenvalue weighted by molar-refractivity contribution is -0.124. The number of hydrogen-bond donors (Lipinski definition) is 2. The fourth-order valence-corrected chi connectivity index (χ4v) is 4.13. The predicted molar refractivity (Wildman–Crippen MR) is 70.4 cm³/mol. The Morgan fingerprint density at radius 1 is 1.47 bits per heavy atom. The summed E-state index contributed by atoms with van der Waals surface area (Å²) in [5.41, 5.74) is 5.54. The molecule has 1 amide bonds. The fraction of sp³-hybridized carbons (Fsp3) is 0.909. The molecule has 2 heterocycles. The van der Waals surface area contributed by atoms with Gasteiger partial charge in [0.1, 0.15) is 0 Å². The molecule has 0 aromatic rings. The van der Waals surface area contributed by atoms with Crippen molar-refractivity contribution in [2.45, 2.75) is 18.6 Å². The van der Waals surface area contributed by atoms with Crippen LogP contribution in [0.2, 0.25) is 0 Å². The number of nitrogens with zero attached hydrogens (tertiary/aromatic N) is 1. The summed E-state index contributed by atoms with van der Waals surface area (Å²) >= 11 is 0. The summed E-state index contributed by atoms with van der Waals surface area (Å²) in [4.78, 5) is 13.8. The quantitative estimate of drug-likeness (QED) is 0.618. The van der Waals surface area contributed by atoms with E-state index in [0.29, 0.717) is 32.7 Å². The average molecular weight is 291 g/mol. The van der Waals surface area contributed by atoms with Gasteiger partial charge in [-0.25, -0.2) is 8.42 Å². The normalized spacial score (nSPS) is 31.2. The smallest absolute Gasteiger partial charge is 0.234 e. The van der Waals surface area contributed by atoms with Crippen LogP contribution in [-0.2, 0) is 19.4 Å². The monoisotopic (exact) mass is 291 g/mol. The topological polar surface area (TPSA) is 102 Å². The number of ether oxygens (including phenoxy) is 1. The van der Waals surface area contributed by atoms with Gasteiger partial charge in [0.15, 0.2) is 9.84 Å². The molecule has 110 valence electrons. The highest BCUT2D eigenvalue weighted by atomic mass is 32.2. The zero-order valence-corrected chi connectivity index (χ0v) is 11.7. The van der Waals surface area contributed by atoms with Gasteiger partial charge in [0.05, 0.1) is 30.8 Å². The third-order valence-electron chi connectivity index (χ3n) is 3.45. The molecule has 2 unspecified atom stereocenters. The van der Waals surface area contributed by atoms with Gasteiger partial charge in [-0.15, -0.1) is 0 Å². The Balaban J connectivity index is 1.75. The molecular weight excluding hydrogens is 270 g/mol. The van der Waals surface area contributed by atoms with E-state index < -0.39 is 9.84 Å². The number of nitrogens with two attached hydrogens (primary N) is 1. The molecule has 8 heteroatoms. The van der Waals surface area contributed by atoms with E-state index in [1.54, 1.807) is 0 Å². The van der Waals surface area contributed by atoms with Crippen molar-refractivity contribution in [1.29, 1.82) is 0 Å². The number of amides is 1. The number of sulfone groups is 1. The van der Waals surface area contributed by atoms with Crippen LogP contribution in [0.4, 0.5) is 0 Å². The van der Waals surface area contributed by atoms with Crippen molar-refractivity contribution in [2.75, 3.05) is 44.3 Å². The molecule has 19 heavy (non-hydrogen) atoms. The van der Waals surface area contributed by atoms with Crippen molar-refractivity contribution >= 4 is 15.7 Å². The van der Waals surface area contributed by atoms with Gasteiger partial charge in [0.2, 0.25) is 5.91 Å². The van der Waals surface area contributed by atoms with Crippen molar-refractivity contribution in [1.82, 2.24) is 10.2 Å². The third kappa shape index (κ3) is 4.41. The lowest BCUT2D eigenvalue weighted by Crippen LogP contribution is -2.50. The summed E-state index contributed by atoms with van der Waals surface area (Å²) < 4.78 is 28.0. The van der Waals surface area contributed by atoms with Crippen molar-refractivity contribution in [3.05, 3.63) is 0 Å². The van der Waals surface area contributed by atoms with Crippen LogP contribution < -0.4 is 11.1 Å². The predicted octanol–water partition coefficient (Wildman–Crippen LogP) is -2.05. The van der Waals surface area contributed by atoms with Crippen molar-refractivity contribution in [3.63, 3.8) is 0 Å². The maximum atomic E-state index is 11.9. The zero-order valence-electron chi connectivity index (χ0n) is 10.9. The standard InChI is InChI=1S/C11H21N3O4S/c12-5-10-6-14(2-3-18-10)7-11(15)13-9-1-4-19(16,17)8-9/h9-10H,1-8,12H2,(H,13,15). The minimum Gasteiger partial charge on any atom is -0.374 e. The van der Waals surface area contributed by atoms with Crippen molar-refractivity contribution < 1.29 is 17.9 Å². The lowest BCUT2D eigenvalue weighted by atomic mass is 10.2. The van der Waals surface area contributed by atoms with Crippen molar-refractivity contribution in [3.8, 4) is 0 Å². The first-order chi connectivity index (χ1) is 8.98. The summed E-state index contributed by atoms with van der Waals surface area (Å²) in [7, 11) is -2.95. The van der Waals surface area contributed by atoms with Crippen molar-refractivity contribution in [2.24, 2.45) is 5.73 Å². The second-order valence-electron chi connectivity index (χ2n) is 5.13. The lowest BCUT2D eigenvalue weighted by Gasteiger charge is -2.31. The van der Waals surface area contributed by atoms with E-state index in [9.17, 15) is 13.2 Å². The fourth-order valence-electron chi connectivity index (χ4n) is 2.45. The Kier molecular flexibility index (Phi) is 4.77. The largest absolute Gasteiger partial charge is 0.374 e. The van der Waals surface area contributed by atoms with E-state index in [-0.39, 0.29) is 36.1 Å². The molecule has 0 aromatic heterocycles. The van der Waals surface area contributed by atoms with E-state index in [1.807, 2.05) is 4.90 Å². The molecule has 0 aromatic carbocycles. The highest BCUT2D eigenvalue weighted by molar-refractivity contribution is 7.91. The van der Waals surface area contributed by atoms with Gasteiger partial charge in [0.25, 0.3) is 0 Å². The molecule has 2 rings (SSSR count). The number of carbonyl (C=O) groups excluding carboxylic acids is 1. The highest BCUT2D eigenvalue weighted by Gasteiger charge is 2.29. The second-order valence-corrected chi connectivity index (χ2v) is 7.36. The Morgan fingerprint density at radius 3 is 2.89 bits per heavy atom. The first-order valence-corrected chi connectivity index (χ1v) is 8.34. The van der Waals surface area contributed by atoms with E-state index in [2.05, 4.69) is 5.32 Å². The van der Waals surface area contributed by atoms with E-state index in [1.165, 1.54) is 0 Å². The van der Waals surface area contributed by atoms with Crippen LogP contribution in [0.5, 0.6) is 0 Å².